The Morgan fingerprint density at radius 1 is 0.931 bits per heavy atom. The molecule has 2 aromatic carbocycles. The number of rotatable bonds is 17. The summed E-state index contributed by atoms with van der Waals surface area (Å²) in [6.07, 6.45) is 8.56. The van der Waals surface area contributed by atoms with Crippen LogP contribution in [0.25, 0.3) is 32.2 Å². The first-order chi connectivity index (χ1) is 27.8. The molecule has 0 aliphatic carbocycles. The van der Waals surface area contributed by atoms with Gasteiger partial charge in [0.2, 0.25) is 23.6 Å². The summed E-state index contributed by atoms with van der Waals surface area (Å²) in [7, 11) is 0. The fourth-order valence-corrected chi connectivity index (χ4v) is 8.52. The molecule has 4 heterocycles. The number of carbonyl (C=O) groups excluding carboxylic acids is 4. The molecular formula is C45H57N7O5S. The third kappa shape index (κ3) is 10.7. The molecular weight excluding hydrogens is 751 g/mol. The Labute approximate surface area is 344 Å². The number of β-amino-alcohol motifs (C(OH)–C–C–N with tert-alkyl or cyclic N) is 1. The minimum Gasteiger partial charge on any atom is -0.391 e. The second-order valence-electron chi connectivity index (χ2n) is 16.7. The number of nitrogens with one attached hydrogen (secondary N) is 4. The molecule has 58 heavy (non-hydrogen) atoms. The van der Waals surface area contributed by atoms with Gasteiger partial charge < -0.3 is 30.9 Å². The Kier molecular flexibility index (Phi) is 14.0. The van der Waals surface area contributed by atoms with Crippen LogP contribution in [0.3, 0.4) is 0 Å². The largest absolute Gasteiger partial charge is 0.391 e. The molecule has 1 aliphatic heterocycles. The van der Waals surface area contributed by atoms with E-state index < -0.39 is 23.6 Å². The number of pyridine rings is 1. The SMILES string of the molecule is Cc1ncsc1-c1ccc(C(C)NC(=O)[C@@H]2C[C@@H](O)CN2C(=O)C(NC(=O)CCCCCCCNC(=O)CCc2ccc3c(c2)[nH]c2ccncc23)C(C)(C)C)cc1. The number of benzene rings is 2. The molecule has 13 heteroatoms. The van der Waals surface area contributed by atoms with E-state index in [0.29, 0.717) is 25.8 Å². The molecule has 6 rings (SSSR count). The number of aromatic amines is 1. The second-order valence-corrected chi connectivity index (χ2v) is 17.5. The highest BCUT2D eigenvalue weighted by atomic mass is 32.1. The van der Waals surface area contributed by atoms with Gasteiger partial charge >= 0.3 is 0 Å². The first-order valence-electron chi connectivity index (χ1n) is 20.5. The predicted molar refractivity (Wildman–Crippen MR) is 229 cm³/mol. The fraction of sp³-hybridized carbons (Fsp3) is 0.467. The summed E-state index contributed by atoms with van der Waals surface area (Å²) in [4.78, 5) is 67.8. The predicted octanol–water partition coefficient (Wildman–Crippen LogP) is 6.91. The van der Waals surface area contributed by atoms with Crippen molar-refractivity contribution in [1.29, 1.82) is 0 Å². The Balaban J connectivity index is 0.890. The molecule has 1 fully saturated rings. The van der Waals surface area contributed by atoms with Crippen molar-refractivity contribution in [2.75, 3.05) is 13.1 Å². The summed E-state index contributed by atoms with van der Waals surface area (Å²) in [6.45, 7) is 10.2. The third-order valence-corrected chi connectivity index (χ3v) is 12.0. The van der Waals surface area contributed by atoms with Crippen LogP contribution >= 0.6 is 11.3 Å². The van der Waals surface area contributed by atoms with Gasteiger partial charge in [-0.05, 0) is 67.3 Å². The summed E-state index contributed by atoms with van der Waals surface area (Å²) >= 11 is 1.58. The van der Waals surface area contributed by atoms with Crippen LogP contribution in [0.15, 0.2) is 66.4 Å². The Morgan fingerprint density at radius 2 is 1.69 bits per heavy atom. The van der Waals surface area contributed by atoms with Crippen LogP contribution < -0.4 is 16.0 Å². The van der Waals surface area contributed by atoms with E-state index in [4.69, 9.17) is 0 Å². The van der Waals surface area contributed by atoms with Crippen LogP contribution in [0.1, 0.15) is 102 Å². The fourth-order valence-electron chi connectivity index (χ4n) is 7.71. The third-order valence-electron chi connectivity index (χ3n) is 11.1. The number of carbonyl (C=O) groups is 4. The van der Waals surface area contributed by atoms with Crippen molar-refractivity contribution >= 4 is 56.8 Å². The number of amides is 4. The van der Waals surface area contributed by atoms with Gasteiger partial charge in [-0.3, -0.25) is 24.2 Å². The number of nitrogens with zero attached hydrogens (tertiary/aromatic N) is 3. The zero-order valence-electron chi connectivity index (χ0n) is 34.3. The maximum atomic E-state index is 14.0. The van der Waals surface area contributed by atoms with Gasteiger partial charge in [0.15, 0.2) is 0 Å². The van der Waals surface area contributed by atoms with E-state index in [1.54, 1.807) is 17.5 Å². The number of fused-ring (bicyclic) bond motifs is 3. The Morgan fingerprint density at radius 3 is 2.43 bits per heavy atom. The van der Waals surface area contributed by atoms with Gasteiger partial charge in [0.05, 0.1) is 28.2 Å². The summed E-state index contributed by atoms with van der Waals surface area (Å²) < 4.78 is 0. The second kappa shape index (κ2) is 19.1. The molecule has 4 amide bonds. The quantitative estimate of drug-likeness (QED) is 0.0637. The van der Waals surface area contributed by atoms with E-state index in [1.807, 2.05) is 76.7 Å². The van der Waals surface area contributed by atoms with Gasteiger partial charge in [0.25, 0.3) is 0 Å². The molecule has 2 unspecified atom stereocenters. The topological polar surface area (TPSA) is 169 Å². The average Bonchev–Trinajstić information content (AvgIpc) is 3.92. The van der Waals surface area contributed by atoms with E-state index >= 15 is 0 Å². The molecule has 1 aliphatic rings. The molecule has 5 N–H and O–H groups in total. The number of aliphatic hydroxyl groups excluding tert-OH is 1. The lowest BCUT2D eigenvalue weighted by Crippen LogP contribution is -2.57. The van der Waals surface area contributed by atoms with Crippen LogP contribution in [-0.4, -0.2) is 79.9 Å². The molecule has 308 valence electrons. The maximum absolute atomic E-state index is 14.0. The standard InChI is InChI=1S/C45H57N7O5S/c1-28(31-14-16-32(17-15-31)41-29(2)48-27-58-41)49-43(56)38-24-33(53)26-52(38)44(57)42(45(3,4)5)51-40(55)11-9-7-6-8-10-21-47-39(54)19-13-30-12-18-34-35-25-46-22-20-36(35)50-37(34)23-30/h12,14-18,20,22-23,25,27-28,33,38,42,50,53H,6-11,13,19,21,24,26H2,1-5H3,(H,47,54)(H,49,56)(H,51,55)/t28?,33-,38+,42?/m1/s1. The molecule has 3 aromatic heterocycles. The first-order valence-corrected chi connectivity index (χ1v) is 21.4. The lowest BCUT2D eigenvalue weighted by molar-refractivity contribution is -0.144. The Hall–Kier alpha value is -5.14. The zero-order valence-corrected chi connectivity index (χ0v) is 35.1. The zero-order chi connectivity index (χ0) is 41.4. The minimum absolute atomic E-state index is 0.0251. The van der Waals surface area contributed by atoms with E-state index in [0.717, 1.165) is 74.8 Å². The molecule has 0 bridgehead atoms. The van der Waals surface area contributed by atoms with Crippen molar-refractivity contribution in [3.63, 3.8) is 0 Å². The number of hydrogen-bond acceptors (Lipinski definition) is 8. The number of H-pyrrole nitrogens is 1. The molecule has 5 aromatic rings. The van der Waals surface area contributed by atoms with Gasteiger partial charge in [-0.15, -0.1) is 11.3 Å². The summed E-state index contributed by atoms with van der Waals surface area (Å²) in [5.74, 6) is -0.886. The normalized spacial score (nSPS) is 16.7. The molecule has 0 radical (unpaired) electrons. The van der Waals surface area contributed by atoms with Crippen LogP contribution in [0, 0.1) is 12.3 Å². The number of hydrogen-bond donors (Lipinski definition) is 5. The van der Waals surface area contributed by atoms with Crippen LogP contribution in [0.2, 0.25) is 0 Å². The van der Waals surface area contributed by atoms with Crippen molar-refractivity contribution in [3.05, 3.63) is 83.3 Å². The molecule has 1 saturated heterocycles. The number of aromatic nitrogens is 3. The molecule has 0 spiro atoms. The smallest absolute Gasteiger partial charge is 0.246 e. The van der Waals surface area contributed by atoms with Crippen molar-refractivity contribution < 1.29 is 24.3 Å². The summed E-state index contributed by atoms with van der Waals surface area (Å²) in [5, 5.41) is 21.9. The van der Waals surface area contributed by atoms with Gasteiger partial charge in [-0.25, -0.2) is 4.98 Å². The average molecular weight is 808 g/mol. The lowest BCUT2D eigenvalue weighted by Gasteiger charge is -2.35. The molecule has 0 saturated carbocycles. The number of aliphatic hydroxyl groups is 1. The number of thiazole rings is 1. The minimum atomic E-state index is -0.863. The van der Waals surface area contributed by atoms with E-state index in [2.05, 4.69) is 49.1 Å². The van der Waals surface area contributed by atoms with Crippen LogP contribution in [-0.2, 0) is 25.6 Å². The number of likely N-dealkylation sites (tertiary alicyclic amines) is 1. The monoisotopic (exact) mass is 807 g/mol. The molecule has 12 nitrogen and oxygen atoms in total. The van der Waals surface area contributed by atoms with Crippen molar-refractivity contribution in [2.24, 2.45) is 5.41 Å². The van der Waals surface area contributed by atoms with Crippen molar-refractivity contribution in [1.82, 2.24) is 35.8 Å². The molecule has 4 atom stereocenters. The Bertz CT molecular complexity index is 2210. The lowest BCUT2D eigenvalue weighted by atomic mass is 9.85. The van der Waals surface area contributed by atoms with E-state index in [1.165, 1.54) is 4.90 Å². The van der Waals surface area contributed by atoms with E-state index in [-0.39, 0.29) is 49.1 Å². The summed E-state index contributed by atoms with van der Waals surface area (Å²) in [5.41, 5.74) is 7.36. The highest BCUT2D eigenvalue weighted by molar-refractivity contribution is 7.13. The van der Waals surface area contributed by atoms with Crippen LogP contribution in [0.4, 0.5) is 0 Å². The maximum Gasteiger partial charge on any atom is 0.246 e. The van der Waals surface area contributed by atoms with Crippen LogP contribution in [0.5, 0.6) is 0 Å². The summed E-state index contributed by atoms with van der Waals surface area (Å²) in [6, 6.07) is 14.2. The number of aryl methyl sites for hydroxylation is 2. The first kappa shape index (κ1) is 42.5. The van der Waals surface area contributed by atoms with Gasteiger partial charge in [0.1, 0.15) is 12.1 Å². The van der Waals surface area contributed by atoms with Gasteiger partial charge in [0, 0.05) is 66.6 Å². The van der Waals surface area contributed by atoms with E-state index in [9.17, 15) is 24.3 Å². The number of unbranched alkanes of at least 4 members (excludes halogenated alkanes) is 4. The van der Waals surface area contributed by atoms with Crippen molar-refractivity contribution in [2.45, 2.75) is 117 Å². The highest BCUT2D eigenvalue weighted by Gasteiger charge is 2.44. The van der Waals surface area contributed by atoms with Crippen molar-refractivity contribution in [3.8, 4) is 10.4 Å². The van der Waals surface area contributed by atoms with Gasteiger partial charge in [-0.2, -0.15) is 0 Å². The van der Waals surface area contributed by atoms with Gasteiger partial charge in [-0.1, -0.05) is 76.4 Å². The highest BCUT2D eigenvalue weighted by Crippen LogP contribution is 2.30.